The Balaban J connectivity index is 1.80. The van der Waals surface area contributed by atoms with Crippen LogP contribution in [-0.2, 0) is 13.0 Å². The van der Waals surface area contributed by atoms with E-state index in [1.807, 2.05) is 24.3 Å². The minimum absolute atomic E-state index is 0.143. The molecule has 0 radical (unpaired) electrons. The zero-order valence-corrected chi connectivity index (χ0v) is 11.6. The maximum Gasteiger partial charge on any atom is 0.123 e. The van der Waals surface area contributed by atoms with Crippen molar-refractivity contribution in [2.24, 2.45) is 0 Å². The van der Waals surface area contributed by atoms with Gasteiger partial charge in [-0.2, -0.15) is 0 Å². The molecule has 2 heteroatoms. The SMILES string of the molecule is ClC1CCCc2c(OCc3ccccc3)cccc21. The summed E-state index contributed by atoms with van der Waals surface area (Å²) in [5.41, 5.74) is 3.74. The van der Waals surface area contributed by atoms with Gasteiger partial charge in [-0.3, -0.25) is 0 Å². The fraction of sp³-hybridized carbons (Fsp3) is 0.294. The third-order valence-electron chi connectivity index (χ3n) is 3.63. The first-order chi connectivity index (χ1) is 9.34. The Labute approximate surface area is 119 Å². The lowest BCUT2D eigenvalue weighted by Gasteiger charge is -2.23. The Morgan fingerprint density at radius 1 is 1.05 bits per heavy atom. The van der Waals surface area contributed by atoms with Crippen LogP contribution >= 0.6 is 11.6 Å². The van der Waals surface area contributed by atoms with Crippen molar-refractivity contribution in [3.05, 3.63) is 65.2 Å². The average Bonchev–Trinajstić information content (AvgIpc) is 2.47. The second-order valence-electron chi connectivity index (χ2n) is 4.96. The lowest BCUT2D eigenvalue weighted by atomic mass is 9.90. The van der Waals surface area contributed by atoms with Gasteiger partial charge in [-0.1, -0.05) is 42.5 Å². The third kappa shape index (κ3) is 2.76. The van der Waals surface area contributed by atoms with Gasteiger partial charge in [0.2, 0.25) is 0 Å². The fourth-order valence-electron chi connectivity index (χ4n) is 2.63. The molecule has 0 N–H and O–H groups in total. The number of rotatable bonds is 3. The van der Waals surface area contributed by atoms with Crippen LogP contribution < -0.4 is 4.74 Å². The molecule has 0 aliphatic heterocycles. The van der Waals surface area contributed by atoms with Crippen molar-refractivity contribution in [3.8, 4) is 5.75 Å². The lowest BCUT2D eigenvalue weighted by Crippen LogP contribution is -2.08. The zero-order chi connectivity index (χ0) is 13.1. The molecule has 98 valence electrons. The third-order valence-corrected chi connectivity index (χ3v) is 4.08. The highest BCUT2D eigenvalue weighted by Crippen LogP contribution is 2.38. The predicted molar refractivity (Wildman–Crippen MR) is 78.7 cm³/mol. The van der Waals surface area contributed by atoms with Gasteiger partial charge in [0.25, 0.3) is 0 Å². The maximum atomic E-state index is 6.38. The first-order valence-electron chi connectivity index (χ1n) is 6.77. The molecule has 0 spiro atoms. The molecule has 0 aromatic heterocycles. The Bertz CT molecular complexity index is 550. The molecule has 1 aliphatic carbocycles. The van der Waals surface area contributed by atoms with E-state index in [0.29, 0.717) is 6.61 Å². The molecule has 0 saturated heterocycles. The van der Waals surface area contributed by atoms with Crippen molar-refractivity contribution in [2.45, 2.75) is 31.2 Å². The van der Waals surface area contributed by atoms with Crippen LogP contribution in [0.25, 0.3) is 0 Å². The molecule has 1 atom stereocenters. The highest BCUT2D eigenvalue weighted by Gasteiger charge is 2.20. The van der Waals surface area contributed by atoms with Gasteiger partial charge in [-0.15, -0.1) is 11.6 Å². The van der Waals surface area contributed by atoms with Crippen molar-refractivity contribution in [2.75, 3.05) is 0 Å². The van der Waals surface area contributed by atoms with Crippen molar-refractivity contribution >= 4 is 11.6 Å². The number of alkyl halides is 1. The number of fused-ring (bicyclic) bond motifs is 1. The van der Waals surface area contributed by atoms with Gasteiger partial charge in [-0.05, 0) is 42.0 Å². The summed E-state index contributed by atoms with van der Waals surface area (Å²) in [6.45, 7) is 0.615. The standard InChI is InChI=1S/C17H17ClO/c18-16-10-4-9-15-14(16)8-5-11-17(15)19-12-13-6-2-1-3-7-13/h1-3,5-8,11,16H,4,9-10,12H2. The first-order valence-corrected chi connectivity index (χ1v) is 7.21. The summed E-state index contributed by atoms with van der Waals surface area (Å²) >= 11 is 6.38. The largest absolute Gasteiger partial charge is 0.489 e. The first kappa shape index (κ1) is 12.6. The highest BCUT2D eigenvalue weighted by molar-refractivity contribution is 6.21. The van der Waals surface area contributed by atoms with E-state index in [-0.39, 0.29) is 5.38 Å². The number of hydrogen-bond acceptors (Lipinski definition) is 1. The van der Waals surface area contributed by atoms with E-state index in [1.165, 1.54) is 16.7 Å². The van der Waals surface area contributed by atoms with Crippen molar-refractivity contribution in [1.29, 1.82) is 0 Å². The van der Waals surface area contributed by atoms with E-state index in [9.17, 15) is 0 Å². The highest BCUT2D eigenvalue weighted by atomic mass is 35.5. The van der Waals surface area contributed by atoms with Crippen molar-refractivity contribution in [3.63, 3.8) is 0 Å². The van der Waals surface area contributed by atoms with Crippen LogP contribution in [0.15, 0.2) is 48.5 Å². The van der Waals surface area contributed by atoms with Crippen LogP contribution in [-0.4, -0.2) is 0 Å². The molecular weight excluding hydrogens is 256 g/mol. The van der Waals surface area contributed by atoms with Crippen molar-refractivity contribution < 1.29 is 4.74 Å². The molecule has 2 aromatic carbocycles. The molecule has 2 aromatic rings. The molecular formula is C17H17ClO. The lowest BCUT2D eigenvalue weighted by molar-refractivity contribution is 0.301. The molecule has 0 bridgehead atoms. The predicted octanol–water partition coefficient (Wildman–Crippen LogP) is 4.88. The monoisotopic (exact) mass is 272 g/mol. The van der Waals surface area contributed by atoms with Crippen LogP contribution in [0.1, 0.15) is 34.9 Å². The number of hydrogen-bond donors (Lipinski definition) is 0. The van der Waals surface area contributed by atoms with Crippen LogP contribution in [0.3, 0.4) is 0 Å². The van der Waals surface area contributed by atoms with Crippen LogP contribution in [0.4, 0.5) is 0 Å². The zero-order valence-electron chi connectivity index (χ0n) is 10.8. The molecule has 0 heterocycles. The summed E-state index contributed by atoms with van der Waals surface area (Å²) in [6.07, 6.45) is 3.28. The van der Waals surface area contributed by atoms with E-state index in [0.717, 1.165) is 25.0 Å². The van der Waals surface area contributed by atoms with Crippen LogP contribution in [0, 0.1) is 0 Å². The van der Waals surface area contributed by atoms with Crippen molar-refractivity contribution in [1.82, 2.24) is 0 Å². The Morgan fingerprint density at radius 3 is 2.74 bits per heavy atom. The molecule has 0 fully saturated rings. The van der Waals surface area contributed by atoms with Gasteiger partial charge in [0.1, 0.15) is 12.4 Å². The Hall–Kier alpha value is -1.47. The van der Waals surface area contributed by atoms with Gasteiger partial charge >= 0.3 is 0 Å². The number of halogens is 1. The molecule has 0 saturated carbocycles. The van der Waals surface area contributed by atoms with E-state index in [2.05, 4.69) is 24.3 Å². The summed E-state index contributed by atoms with van der Waals surface area (Å²) in [7, 11) is 0. The van der Waals surface area contributed by atoms with E-state index >= 15 is 0 Å². The Kier molecular flexibility index (Phi) is 3.74. The van der Waals surface area contributed by atoms with E-state index < -0.39 is 0 Å². The molecule has 0 amide bonds. The summed E-state index contributed by atoms with van der Waals surface area (Å²) < 4.78 is 5.98. The van der Waals surface area contributed by atoms with Crippen LogP contribution in [0.2, 0.25) is 0 Å². The second-order valence-corrected chi connectivity index (χ2v) is 5.48. The molecule has 1 unspecified atom stereocenters. The van der Waals surface area contributed by atoms with Gasteiger partial charge in [0.05, 0.1) is 5.38 Å². The fourth-order valence-corrected chi connectivity index (χ4v) is 2.99. The minimum atomic E-state index is 0.143. The van der Waals surface area contributed by atoms with Gasteiger partial charge in [0, 0.05) is 0 Å². The number of ether oxygens (including phenoxy) is 1. The normalized spacial score (nSPS) is 17.8. The van der Waals surface area contributed by atoms with Gasteiger partial charge in [0.15, 0.2) is 0 Å². The molecule has 1 aliphatic rings. The van der Waals surface area contributed by atoms with Crippen LogP contribution in [0.5, 0.6) is 5.75 Å². The van der Waals surface area contributed by atoms with E-state index in [4.69, 9.17) is 16.3 Å². The summed E-state index contributed by atoms with van der Waals surface area (Å²) in [5, 5.41) is 0.143. The second kappa shape index (κ2) is 5.66. The topological polar surface area (TPSA) is 9.23 Å². The minimum Gasteiger partial charge on any atom is -0.489 e. The molecule has 1 nitrogen and oxygen atoms in total. The maximum absolute atomic E-state index is 6.38. The smallest absolute Gasteiger partial charge is 0.123 e. The number of benzene rings is 2. The summed E-state index contributed by atoms with van der Waals surface area (Å²) in [6, 6.07) is 16.5. The van der Waals surface area contributed by atoms with Gasteiger partial charge < -0.3 is 4.74 Å². The summed E-state index contributed by atoms with van der Waals surface area (Å²) in [4.78, 5) is 0. The summed E-state index contributed by atoms with van der Waals surface area (Å²) in [5.74, 6) is 0.992. The quantitative estimate of drug-likeness (QED) is 0.724. The Morgan fingerprint density at radius 2 is 1.89 bits per heavy atom. The van der Waals surface area contributed by atoms with Gasteiger partial charge in [-0.25, -0.2) is 0 Å². The van der Waals surface area contributed by atoms with E-state index in [1.54, 1.807) is 0 Å². The molecule has 19 heavy (non-hydrogen) atoms. The average molecular weight is 273 g/mol. The molecule has 3 rings (SSSR count).